The summed E-state index contributed by atoms with van der Waals surface area (Å²) in [6.07, 6.45) is 3.31. The third-order valence-electron chi connectivity index (χ3n) is 0.770. The van der Waals surface area contributed by atoms with Crippen LogP contribution in [0, 0.1) is 0 Å². The van der Waals surface area contributed by atoms with E-state index in [2.05, 4.69) is 6.58 Å². The Morgan fingerprint density at radius 2 is 1.80 bits per heavy atom. The van der Waals surface area contributed by atoms with Gasteiger partial charge in [-0.2, -0.15) is 0 Å². The number of carbonyl (C=O) groups is 1. The van der Waals surface area contributed by atoms with E-state index in [9.17, 15) is 4.79 Å². The van der Waals surface area contributed by atoms with Crippen LogP contribution in [-0.4, -0.2) is 11.1 Å². The van der Waals surface area contributed by atoms with Crippen LogP contribution in [0.15, 0.2) is 24.3 Å². The third-order valence-corrected chi connectivity index (χ3v) is 0.770. The van der Waals surface area contributed by atoms with Gasteiger partial charge in [-0.1, -0.05) is 12.2 Å². The van der Waals surface area contributed by atoms with Gasteiger partial charge in [-0.15, -0.1) is 6.58 Å². The highest BCUT2D eigenvalue weighted by atomic mass is 16.4. The molecule has 0 fully saturated rings. The van der Waals surface area contributed by atoms with Gasteiger partial charge in [-0.3, -0.25) is 0 Å². The van der Waals surface area contributed by atoms with Crippen molar-refractivity contribution in [1.82, 2.24) is 0 Å². The zero-order valence-electron chi connectivity index (χ0n) is 6.72. The summed E-state index contributed by atoms with van der Waals surface area (Å²) in [6, 6.07) is 0. The molecule has 0 radical (unpaired) electrons. The average molecular weight is 142 g/mol. The lowest BCUT2D eigenvalue weighted by atomic mass is 10.3. The first-order valence-electron chi connectivity index (χ1n) is 3.03. The van der Waals surface area contributed by atoms with E-state index in [1.165, 1.54) is 0 Å². The Balaban J connectivity index is 0. The molecule has 0 rings (SSSR count). The molecule has 0 atom stereocenters. The Morgan fingerprint density at radius 1 is 1.50 bits per heavy atom. The minimum atomic E-state index is -0.845. The van der Waals surface area contributed by atoms with E-state index in [-0.39, 0.29) is 0 Å². The van der Waals surface area contributed by atoms with Crippen molar-refractivity contribution in [3.05, 3.63) is 24.3 Å². The highest BCUT2D eigenvalue weighted by molar-refractivity contribution is 5.85. The second-order valence-corrected chi connectivity index (χ2v) is 1.69. The molecule has 2 heteroatoms. The summed E-state index contributed by atoms with van der Waals surface area (Å²) in [5.41, 5.74) is 0.389. The van der Waals surface area contributed by atoms with Crippen molar-refractivity contribution in [2.24, 2.45) is 0 Å². The van der Waals surface area contributed by atoms with Crippen LogP contribution in [0.1, 0.15) is 20.8 Å². The molecular formula is C8H14O2. The fraction of sp³-hybridized carbons (Fsp3) is 0.375. The second-order valence-electron chi connectivity index (χ2n) is 1.69. The van der Waals surface area contributed by atoms with Gasteiger partial charge in [-0.05, 0) is 20.8 Å². The van der Waals surface area contributed by atoms with Crippen LogP contribution < -0.4 is 0 Å². The van der Waals surface area contributed by atoms with Crippen LogP contribution in [0.4, 0.5) is 0 Å². The largest absolute Gasteiger partial charge is 0.478 e. The van der Waals surface area contributed by atoms with E-state index in [0.29, 0.717) is 5.57 Å². The van der Waals surface area contributed by atoms with E-state index < -0.39 is 5.97 Å². The maximum absolute atomic E-state index is 9.86. The number of hydrogen-bond donors (Lipinski definition) is 1. The fourth-order valence-corrected chi connectivity index (χ4v) is 0.123. The Morgan fingerprint density at radius 3 is 1.80 bits per heavy atom. The van der Waals surface area contributed by atoms with E-state index in [1.54, 1.807) is 26.0 Å². The lowest BCUT2D eigenvalue weighted by molar-refractivity contribution is -0.132. The lowest BCUT2D eigenvalue weighted by Crippen LogP contribution is -1.93. The fourth-order valence-electron chi connectivity index (χ4n) is 0.123. The van der Waals surface area contributed by atoms with Crippen molar-refractivity contribution < 1.29 is 9.90 Å². The number of carboxylic acid groups (broad SMARTS) is 1. The highest BCUT2D eigenvalue weighted by Gasteiger charge is 1.93. The molecule has 0 aliphatic rings. The minimum Gasteiger partial charge on any atom is -0.478 e. The molecule has 58 valence electrons. The van der Waals surface area contributed by atoms with Crippen molar-refractivity contribution in [2.45, 2.75) is 20.8 Å². The van der Waals surface area contributed by atoms with Crippen molar-refractivity contribution in [2.75, 3.05) is 0 Å². The molecule has 0 aromatic rings. The monoisotopic (exact) mass is 142 g/mol. The maximum atomic E-state index is 9.86. The average Bonchev–Trinajstić information content (AvgIpc) is 1.88. The maximum Gasteiger partial charge on any atom is 0.330 e. The summed E-state index contributed by atoms with van der Waals surface area (Å²) < 4.78 is 0. The number of rotatable bonds is 1. The Kier molecular flexibility index (Phi) is 9.31. The number of carboxylic acids is 1. The van der Waals surface area contributed by atoms with Crippen LogP contribution in [0.2, 0.25) is 0 Å². The summed E-state index contributed by atoms with van der Waals surface area (Å²) >= 11 is 0. The van der Waals surface area contributed by atoms with Gasteiger partial charge < -0.3 is 5.11 Å². The van der Waals surface area contributed by atoms with Crippen molar-refractivity contribution >= 4 is 5.97 Å². The number of aliphatic carboxylic acids is 1. The summed E-state index contributed by atoms with van der Waals surface area (Å²) in [5, 5.41) is 8.11. The molecular weight excluding hydrogens is 128 g/mol. The highest BCUT2D eigenvalue weighted by Crippen LogP contribution is 1.87. The smallest absolute Gasteiger partial charge is 0.330 e. The van der Waals surface area contributed by atoms with E-state index >= 15 is 0 Å². The molecule has 0 amide bonds. The van der Waals surface area contributed by atoms with Gasteiger partial charge in [0.1, 0.15) is 0 Å². The predicted molar refractivity (Wildman–Crippen MR) is 42.9 cm³/mol. The topological polar surface area (TPSA) is 37.3 Å². The predicted octanol–water partition coefficient (Wildman–Crippen LogP) is 2.23. The molecule has 0 bridgehead atoms. The van der Waals surface area contributed by atoms with E-state index in [0.717, 1.165) is 0 Å². The molecule has 2 nitrogen and oxygen atoms in total. The van der Waals surface area contributed by atoms with E-state index in [1.807, 2.05) is 6.92 Å². The summed E-state index contributed by atoms with van der Waals surface area (Å²) in [6.45, 7) is 8.51. The molecule has 10 heavy (non-hydrogen) atoms. The van der Waals surface area contributed by atoms with Crippen molar-refractivity contribution in [3.8, 4) is 0 Å². The van der Waals surface area contributed by atoms with Crippen molar-refractivity contribution in [3.63, 3.8) is 0 Å². The van der Waals surface area contributed by atoms with Gasteiger partial charge in [0, 0.05) is 5.57 Å². The molecule has 0 spiro atoms. The molecule has 0 aliphatic heterocycles. The van der Waals surface area contributed by atoms with Crippen LogP contribution in [-0.2, 0) is 4.79 Å². The van der Waals surface area contributed by atoms with Crippen LogP contribution in [0.25, 0.3) is 0 Å². The quantitative estimate of drug-likeness (QED) is 0.450. The molecule has 1 N–H and O–H groups in total. The van der Waals surface area contributed by atoms with Gasteiger partial charge in [-0.25, -0.2) is 4.79 Å². The summed E-state index contributed by atoms with van der Waals surface area (Å²) in [4.78, 5) is 9.86. The standard InChI is InChI=1S/C5H8O2.C3H6/c1-3-4(2)5(6)7;1-3-2/h3H,1-2H3,(H,6,7);3H,1H2,2H3. The number of allylic oxidation sites excluding steroid dienone is 2. The third kappa shape index (κ3) is 10.0. The van der Waals surface area contributed by atoms with Crippen LogP contribution >= 0.6 is 0 Å². The molecule has 0 heterocycles. The van der Waals surface area contributed by atoms with E-state index in [4.69, 9.17) is 5.11 Å². The van der Waals surface area contributed by atoms with Crippen LogP contribution in [0.3, 0.4) is 0 Å². The zero-order chi connectivity index (χ0) is 8.57. The first-order valence-corrected chi connectivity index (χ1v) is 3.03. The lowest BCUT2D eigenvalue weighted by Gasteiger charge is -1.84. The van der Waals surface area contributed by atoms with Gasteiger partial charge in [0.25, 0.3) is 0 Å². The molecule has 0 unspecified atom stereocenters. The molecule has 0 saturated carbocycles. The first kappa shape index (κ1) is 11.7. The van der Waals surface area contributed by atoms with Gasteiger partial charge in [0.05, 0.1) is 0 Å². The zero-order valence-corrected chi connectivity index (χ0v) is 6.72. The normalized spacial score (nSPS) is 9.30. The Labute approximate surface area is 61.9 Å². The second kappa shape index (κ2) is 7.95. The van der Waals surface area contributed by atoms with Crippen molar-refractivity contribution in [1.29, 1.82) is 0 Å². The summed E-state index contributed by atoms with van der Waals surface area (Å²) in [7, 11) is 0. The van der Waals surface area contributed by atoms with Gasteiger partial charge in [0.2, 0.25) is 0 Å². The summed E-state index contributed by atoms with van der Waals surface area (Å²) in [5.74, 6) is -0.845. The van der Waals surface area contributed by atoms with Gasteiger partial charge in [0.15, 0.2) is 0 Å². The molecule has 0 saturated heterocycles. The molecule has 0 aromatic carbocycles. The number of hydrogen-bond acceptors (Lipinski definition) is 1. The van der Waals surface area contributed by atoms with Crippen LogP contribution in [0.5, 0.6) is 0 Å². The molecule has 0 aromatic heterocycles. The first-order chi connectivity index (χ1) is 4.59. The SMILES string of the molecule is C=CC.CC=C(C)C(=O)O. The molecule has 0 aliphatic carbocycles. The van der Waals surface area contributed by atoms with Gasteiger partial charge >= 0.3 is 5.97 Å². The minimum absolute atomic E-state index is 0.389. The Bertz CT molecular complexity index is 134. The Hall–Kier alpha value is -1.05.